The van der Waals surface area contributed by atoms with E-state index < -0.39 is 24.1 Å². The third kappa shape index (κ3) is 4.27. The molecule has 0 N–H and O–H groups in total. The zero-order chi connectivity index (χ0) is 23.6. The molecule has 0 aromatic heterocycles. The van der Waals surface area contributed by atoms with Crippen molar-refractivity contribution in [3.63, 3.8) is 0 Å². The number of hydrogen-bond donors (Lipinski definition) is 0. The number of alkyl halides is 3. The van der Waals surface area contributed by atoms with Gasteiger partial charge in [-0.05, 0) is 65.4 Å². The summed E-state index contributed by atoms with van der Waals surface area (Å²) in [6.07, 6.45) is -5.25. The summed E-state index contributed by atoms with van der Waals surface area (Å²) in [7, 11) is 0. The first-order chi connectivity index (χ1) is 15.5. The van der Waals surface area contributed by atoms with Gasteiger partial charge in [-0.25, -0.2) is 4.40 Å². The Balaban J connectivity index is 1.30. The first kappa shape index (κ1) is 23.0. The Kier molecular flexibility index (Phi) is 5.51. The van der Waals surface area contributed by atoms with E-state index in [0.29, 0.717) is 23.1 Å². The minimum Gasteiger partial charge on any atom is -0.362 e. The number of benzene rings is 2. The second kappa shape index (κ2) is 7.90. The van der Waals surface area contributed by atoms with E-state index in [-0.39, 0.29) is 17.8 Å². The molecule has 0 radical (unpaired) electrons. The van der Waals surface area contributed by atoms with Gasteiger partial charge in [-0.2, -0.15) is 13.2 Å². The Morgan fingerprint density at radius 2 is 1.88 bits per heavy atom. The standard InChI is InChI=1S/C23H19Cl2F3N2O2S/c1-21(15-5-16(24)7-17(25)6-15)8-19(29-33-21)13-2-3-18-14(4-13)10-32-22(18)11-30(12-22)20(31)9-23(26,27)28/h2-7H,8-12H2,1H3. The lowest BCUT2D eigenvalue weighted by Gasteiger charge is -2.47. The molecule has 0 bridgehead atoms. The molecule has 174 valence electrons. The molecule has 5 rings (SSSR count). The van der Waals surface area contributed by atoms with Crippen molar-refractivity contribution in [3.8, 4) is 0 Å². The van der Waals surface area contributed by atoms with E-state index in [4.69, 9.17) is 32.3 Å². The molecule has 10 heteroatoms. The summed E-state index contributed by atoms with van der Waals surface area (Å²) < 4.78 is 47.9. The van der Waals surface area contributed by atoms with Crippen molar-refractivity contribution in [2.45, 2.75) is 42.9 Å². The molecule has 0 aliphatic carbocycles. The molecule has 1 atom stereocenters. The minimum atomic E-state index is -4.51. The summed E-state index contributed by atoms with van der Waals surface area (Å²) in [5.74, 6) is -0.917. The zero-order valence-corrected chi connectivity index (χ0v) is 19.8. The lowest BCUT2D eigenvalue weighted by Crippen LogP contribution is -2.61. The molecule has 3 aliphatic rings. The molecule has 4 nitrogen and oxygen atoms in total. The molecule has 2 aromatic carbocycles. The van der Waals surface area contributed by atoms with Crippen molar-refractivity contribution >= 4 is 46.8 Å². The maximum Gasteiger partial charge on any atom is 0.397 e. The molecule has 1 saturated heterocycles. The van der Waals surface area contributed by atoms with Gasteiger partial charge in [0.25, 0.3) is 0 Å². The number of hydrogen-bond acceptors (Lipinski definition) is 4. The highest BCUT2D eigenvalue weighted by molar-refractivity contribution is 7.99. The van der Waals surface area contributed by atoms with Crippen LogP contribution in [-0.4, -0.2) is 35.8 Å². The average Bonchev–Trinajstić information content (AvgIpc) is 3.26. The van der Waals surface area contributed by atoms with Gasteiger partial charge < -0.3 is 9.64 Å². The number of likely N-dealkylation sites (tertiary alicyclic amines) is 1. The lowest BCUT2D eigenvalue weighted by atomic mass is 9.83. The summed E-state index contributed by atoms with van der Waals surface area (Å²) in [6.45, 7) is 2.73. The molecule has 1 amide bonds. The van der Waals surface area contributed by atoms with Gasteiger partial charge in [-0.3, -0.25) is 4.79 Å². The van der Waals surface area contributed by atoms with Crippen molar-refractivity contribution < 1.29 is 22.7 Å². The maximum atomic E-state index is 12.5. The molecule has 0 saturated carbocycles. The summed E-state index contributed by atoms with van der Waals surface area (Å²) in [5.41, 5.74) is 4.11. The van der Waals surface area contributed by atoms with Crippen LogP contribution in [0.5, 0.6) is 0 Å². The molecule has 2 aromatic rings. The smallest absolute Gasteiger partial charge is 0.362 e. The van der Waals surface area contributed by atoms with E-state index in [2.05, 4.69) is 6.92 Å². The topological polar surface area (TPSA) is 41.9 Å². The first-order valence-corrected chi connectivity index (χ1v) is 11.8. The van der Waals surface area contributed by atoms with E-state index in [0.717, 1.165) is 28.0 Å². The van der Waals surface area contributed by atoms with Gasteiger partial charge in [0.05, 0.1) is 30.2 Å². The molecule has 3 aliphatic heterocycles. The third-order valence-electron chi connectivity index (χ3n) is 6.37. The summed E-state index contributed by atoms with van der Waals surface area (Å²) >= 11 is 13.9. The van der Waals surface area contributed by atoms with Crippen LogP contribution >= 0.6 is 35.1 Å². The normalized spacial score (nSPS) is 23.5. The van der Waals surface area contributed by atoms with Gasteiger partial charge in [0.15, 0.2) is 0 Å². The Labute approximate surface area is 203 Å². The Morgan fingerprint density at radius 3 is 2.55 bits per heavy atom. The SMILES string of the molecule is CC1(c2cc(Cl)cc(Cl)c2)CC(c2ccc3c(c2)COC32CN(C(=O)CC(F)(F)F)C2)=NS1. The van der Waals surface area contributed by atoms with E-state index in [1.165, 1.54) is 16.8 Å². The van der Waals surface area contributed by atoms with Gasteiger partial charge in [-0.1, -0.05) is 35.3 Å². The van der Waals surface area contributed by atoms with Crippen LogP contribution in [0.25, 0.3) is 0 Å². The number of fused-ring (bicyclic) bond motifs is 2. The minimum absolute atomic E-state index is 0.138. The van der Waals surface area contributed by atoms with Crippen LogP contribution in [0.1, 0.15) is 42.0 Å². The van der Waals surface area contributed by atoms with Gasteiger partial charge >= 0.3 is 6.18 Å². The van der Waals surface area contributed by atoms with Crippen molar-refractivity contribution in [2.24, 2.45) is 4.40 Å². The van der Waals surface area contributed by atoms with Crippen LogP contribution in [0.4, 0.5) is 13.2 Å². The van der Waals surface area contributed by atoms with Crippen LogP contribution in [-0.2, 0) is 26.5 Å². The second-order valence-electron chi connectivity index (χ2n) is 8.89. The van der Waals surface area contributed by atoms with Gasteiger partial charge in [-0.15, -0.1) is 0 Å². The van der Waals surface area contributed by atoms with Crippen LogP contribution in [0, 0.1) is 0 Å². The lowest BCUT2D eigenvalue weighted by molar-refractivity contribution is -0.185. The van der Waals surface area contributed by atoms with E-state index in [1.807, 2.05) is 30.3 Å². The molecule has 3 heterocycles. The maximum absolute atomic E-state index is 12.5. The summed E-state index contributed by atoms with van der Waals surface area (Å²) in [4.78, 5) is 13.1. The van der Waals surface area contributed by atoms with Crippen LogP contribution in [0.3, 0.4) is 0 Å². The first-order valence-electron chi connectivity index (χ1n) is 10.3. The Bertz CT molecular complexity index is 1160. The Morgan fingerprint density at radius 1 is 1.18 bits per heavy atom. The van der Waals surface area contributed by atoms with E-state index in [9.17, 15) is 18.0 Å². The zero-order valence-electron chi connectivity index (χ0n) is 17.5. The van der Waals surface area contributed by atoms with E-state index >= 15 is 0 Å². The van der Waals surface area contributed by atoms with E-state index in [1.54, 1.807) is 6.07 Å². The number of carbonyl (C=O) groups excluding carboxylic acids is 1. The number of amides is 1. The largest absolute Gasteiger partial charge is 0.397 e. The number of nitrogens with zero attached hydrogens (tertiary/aromatic N) is 2. The van der Waals surface area contributed by atoms with Crippen molar-refractivity contribution in [1.29, 1.82) is 0 Å². The highest BCUT2D eigenvalue weighted by Gasteiger charge is 2.52. The monoisotopic (exact) mass is 514 g/mol. The fourth-order valence-corrected chi connectivity index (χ4v) is 6.06. The number of carbonyl (C=O) groups is 1. The fourth-order valence-electron chi connectivity index (χ4n) is 4.63. The third-order valence-corrected chi connectivity index (χ3v) is 7.90. The summed E-state index contributed by atoms with van der Waals surface area (Å²) in [5, 5.41) is 1.16. The van der Waals surface area contributed by atoms with Crippen molar-refractivity contribution in [2.75, 3.05) is 13.1 Å². The van der Waals surface area contributed by atoms with Gasteiger partial charge in [0, 0.05) is 16.5 Å². The number of ether oxygens (including phenoxy) is 1. The molecular formula is C23H19Cl2F3N2O2S. The van der Waals surface area contributed by atoms with Crippen molar-refractivity contribution in [1.82, 2.24) is 4.90 Å². The fraction of sp³-hybridized carbons (Fsp3) is 0.391. The highest BCUT2D eigenvalue weighted by Crippen LogP contribution is 2.49. The quantitative estimate of drug-likeness (QED) is 0.453. The average molecular weight is 515 g/mol. The predicted molar refractivity (Wildman–Crippen MR) is 123 cm³/mol. The Hall–Kier alpha value is -1.74. The van der Waals surface area contributed by atoms with Crippen LogP contribution < -0.4 is 0 Å². The summed E-state index contributed by atoms with van der Waals surface area (Å²) in [6, 6.07) is 11.4. The van der Waals surface area contributed by atoms with Crippen LogP contribution in [0.15, 0.2) is 40.8 Å². The predicted octanol–water partition coefficient (Wildman–Crippen LogP) is 6.27. The number of rotatable bonds is 3. The molecule has 1 spiro atoms. The molecule has 1 fully saturated rings. The van der Waals surface area contributed by atoms with Gasteiger partial charge in [0.2, 0.25) is 5.91 Å². The van der Waals surface area contributed by atoms with Crippen molar-refractivity contribution in [3.05, 3.63) is 68.7 Å². The number of halogens is 5. The van der Waals surface area contributed by atoms with Gasteiger partial charge in [0.1, 0.15) is 12.0 Å². The molecular weight excluding hydrogens is 496 g/mol. The highest BCUT2D eigenvalue weighted by atomic mass is 35.5. The second-order valence-corrected chi connectivity index (χ2v) is 11.0. The molecule has 1 unspecified atom stereocenters. The molecule has 33 heavy (non-hydrogen) atoms. The van der Waals surface area contributed by atoms with Crippen LogP contribution in [0.2, 0.25) is 10.0 Å².